The Balaban J connectivity index is 2.62. The zero-order valence-electron chi connectivity index (χ0n) is 3.43. The highest BCUT2D eigenvalue weighted by molar-refractivity contribution is 7.80. The molecule has 3 heteroatoms. The normalized spacial score (nSPS) is 28.1. The van der Waals surface area contributed by atoms with Crippen LogP contribution in [0.25, 0.3) is 0 Å². The molecule has 1 rings (SSSR count). The van der Waals surface area contributed by atoms with E-state index in [4.69, 9.17) is 11.6 Å². The summed E-state index contributed by atoms with van der Waals surface area (Å²) in [5.74, 6) is 0. The molecular formula is C4H3ClOS. The molecule has 1 aliphatic heterocycles. The van der Waals surface area contributed by atoms with E-state index in [1.54, 1.807) is 6.08 Å². The van der Waals surface area contributed by atoms with Crippen LogP contribution >= 0.6 is 23.8 Å². The second-order valence-electron chi connectivity index (χ2n) is 1.17. The molecule has 0 amide bonds. The standard InChI is InChI=1S/C4H3ClOS/c5-3-1-2-6-4(3)7/h1-3H. The van der Waals surface area contributed by atoms with Crippen molar-refractivity contribution in [3.8, 4) is 0 Å². The van der Waals surface area contributed by atoms with E-state index in [1.807, 2.05) is 0 Å². The van der Waals surface area contributed by atoms with Crippen LogP contribution in [0.1, 0.15) is 0 Å². The van der Waals surface area contributed by atoms with Crippen LogP contribution in [0.3, 0.4) is 0 Å². The van der Waals surface area contributed by atoms with Crippen LogP contribution in [0.2, 0.25) is 0 Å². The van der Waals surface area contributed by atoms with Gasteiger partial charge in [0.1, 0.15) is 5.38 Å². The Hall–Kier alpha value is -0.0800. The van der Waals surface area contributed by atoms with Crippen LogP contribution in [0.15, 0.2) is 12.3 Å². The molecule has 0 N–H and O–H groups in total. The predicted molar refractivity (Wildman–Crippen MR) is 32.5 cm³/mol. The van der Waals surface area contributed by atoms with Crippen LogP contribution < -0.4 is 0 Å². The monoisotopic (exact) mass is 134 g/mol. The van der Waals surface area contributed by atoms with Crippen molar-refractivity contribution in [1.29, 1.82) is 0 Å². The topological polar surface area (TPSA) is 9.23 Å². The third kappa shape index (κ3) is 0.924. The van der Waals surface area contributed by atoms with Crippen molar-refractivity contribution in [3.63, 3.8) is 0 Å². The van der Waals surface area contributed by atoms with Crippen LogP contribution in [-0.4, -0.2) is 10.4 Å². The highest BCUT2D eigenvalue weighted by atomic mass is 35.5. The molecule has 0 saturated heterocycles. The number of hydrogen-bond acceptors (Lipinski definition) is 2. The summed E-state index contributed by atoms with van der Waals surface area (Å²) in [5.41, 5.74) is 0. The first-order valence-corrected chi connectivity index (χ1v) is 2.66. The number of ether oxygens (including phenoxy) is 1. The lowest BCUT2D eigenvalue weighted by atomic mass is 10.5. The Morgan fingerprint density at radius 3 is 2.71 bits per heavy atom. The summed E-state index contributed by atoms with van der Waals surface area (Å²) in [5, 5.41) is 0.261. The van der Waals surface area contributed by atoms with E-state index in [-0.39, 0.29) is 5.38 Å². The number of rotatable bonds is 0. The zero-order chi connectivity index (χ0) is 5.28. The van der Waals surface area contributed by atoms with Gasteiger partial charge >= 0.3 is 0 Å². The van der Waals surface area contributed by atoms with Crippen molar-refractivity contribution in [2.45, 2.75) is 5.38 Å². The van der Waals surface area contributed by atoms with Crippen molar-refractivity contribution in [3.05, 3.63) is 12.3 Å². The van der Waals surface area contributed by atoms with E-state index >= 15 is 0 Å². The average molecular weight is 135 g/mol. The van der Waals surface area contributed by atoms with Crippen molar-refractivity contribution >= 4 is 28.9 Å². The van der Waals surface area contributed by atoms with Gasteiger partial charge in [-0.25, -0.2) is 0 Å². The molecule has 1 heterocycles. The minimum atomic E-state index is -0.185. The second-order valence-corrected chi connectivity index (χ2v) is 2.04. The average Bonchev–Trinajstić information content (AvgIpc) is 1.91. The molecule has 0 spiro atoms. The van der Waals surface area contributed by atoms with Gasteiger partial charge in [0, 0.05) is 0 Å². The Bertz CT molecular complexity index is 121. The third-order valence-electron chi connectivity index (χ3n) is 0.657. The number of halogens is 1. The highest BCUT2D eigenvalue weighted by Crippen LogP contribution is 2.09. The molecule has 0 fully saturated rings. The lowest BCUT2D eigenvalue weighted by Gasteiger charge is -1.91. The molecule has 0 aromatic rings. The molecule has 0 aliphatic carbocycles. The van der Waals surface area contributed by atoms with Gasteiger partial charge in [-0.2, -0.15) is 0 Å². The number of thiocarbonyl (C=S) groups is 1. The van der Waals surface area contributed by atoms with E-state index in [1.165, 1.54) is 6.26 Å². The molecular weight excluding hydrogens is 132 g/mol. The minimum absolute atomic E-state index is 0.185. The van der Waals surface area contributed by atoms with Gasteiger partial charge in [0.25, 0.3) is 0 Å². The lowest BCUT2D eigenvalue weighted by molar-refractivity contribution is 0.496. The fourth-order valence-electron chi connectivity index (χ4n) is 0.319. The molecule has 1 nitrogen and oxygen atoms in total. The quantitative estimate of drug-likeness (QED) is 0.367. The summed E-state index contributed by atoms with van der Waals surface area (Å²) in [6.45, 7) is 0. The fourth-order valence-corrected chi connectivity index (χ4v) is 0.564. The molecule has 0 aromatic heterocycles. The summed E-state index contributed by atoms with van der Waals surface area (Å²) in [6, 6.07) is 0. The first kappa shape index (κ1) is 5.06. The van der Waals surface area contributed by atoms with Gasteiger partial charge in [0.2, 0.25) is 0 Å². The van der Waals surface area contributed by atoms with Gasteiger partial charge in [-0.15, -0.1) is 11.6 Å². The maximum atomic E-state index is 5.51. The first-order chi connectivity index (χ1) is 3.30. The zero-order valence-corrected chi connectivity index (χ0v) is 5.00. The molecule has 1 atom stereocenters. The Labute approximate surface area is 51.9 Å². The number of hydrogen-bond donors (Lipinski definition) is 0. The SMILES string of the molecule is S=C1OC=CC1Cl. The molecule has 0 aromatic carbocycles. The van der Waals surface area contributed by atoms with Gasteiger partial charge in [0.15, 0.2) is 5.05 Å². The molecule has 0 bridgehead atoms. The predicted octanol–water partition coefficient (Wildman–Crippen LogP) is 1.47. The summed E-state index contributed by atoms with van der Waals surface area (Å²) in [4.78, 5) is 0. The Morgan fingerprint density at radius 2 is 2.57 bits per heavy atom. The fraction of sp³-hybridized carbons (Fsp3) is 0.250. The summed E-state index contributed by atoms with van der Waals surface area (Å²) in [6.07, 6.45) is 3.20. The molecule has 0 radical (unpaired) electrons. The molecule has 0 saturated carbocycles. The Morgan fingerprint density at radius 1 is 1.86 bits per heavy atom. The van der Waals surface area contributed by atoms with E-state index in [2.05, 4.69) is 17.0 Å². The highest BCUT2D eigenvalue weighted by Gasteiger charge is 2.12. The molecule has 1 aliphatic rings. The maximum absolute atomic E-state index is 5.51. The van der Waals surface area contributed by atoms with Gasteiger partial charge in [-0.3, -0.25) is 0 Å². The molecule has 7 heavy (non-hydrogen) atoms. The van der Waals surface area contributed by atoms with E-state index < -0.39 is 0 Å². The number of alkyl halides is 1. The van der Waals surface area contributed by atoms with Crippen LogP contribution in [0.5, 0.6) is 0 Å². The van der Waals surface area contributed by atoms with Crippen LogP contribution in [0.4, 0.5) is 0 Å². The first-order valence-electron chi connectivity index (χ1n) is 1.82. The van der Waals surface area contributed by atoms with Crippen LogP contribution in [-0.2, 0) is 4.74 Å². The third-order valence-corrected chi connectivity index (χ3v) is 1.48. The van der Waals surface area contributed by atoms with E-state index in [0.29, 0.717) is 5.05 Å². The van der Waals surface area contributed by atoms with Crippen molar-refractivity contribution in [2.75, 3.05) is 0 Å². The second kappa shape index (κ2) is 1.80. The van der Waals surface area contributed by atoms with Crippen molar-refractivity contribution < 1.29 is 4.74 Å². The van der Waals surface area contributed by atoms with Gasteiger partial charge in [0.05, 0.1) is 6.26 Å². The van der Waals surface area contributed by atoms with Gasteiger partial charge in [-0.05, 0) is 18.3 Å². The summed E-state index contributed by atoms with van der Waals surface area (Å²) in [7, 11) is 0. The molecule has 1 unspecified atom stereocenters. The van der Waals surface area contributed by atoms with Gasteiger partial charge < -0.3 is 4.74 Å². The smallest absolute Gasteiger partial charge is 0.188 e. The molecule has 38 valence electrons. The van der Waals surface area contributed by atoms with Gasteiger partial charge in [-0.1, -0.05) is 0 Å². The van der Waals surface area contributed by atoms with E-state index in [9.17, 15) is 0 Å². The van der Waals surface area contributed by atoms with E-state index in [0.717, 1.165) is 0 Å². The summed E-state index contributed by atoms with van der Waals surface area (Å²) < 4.78 is 4.68. The Kier molecular flexibility index (Phi) is 1.30. The van der Waals surface area contributed by atoms with Crippen LogP contribution in [0, 0.1) is 0 Å². The minimum Gasteiger partial charge on any atom is -0.456 e. The largest absolute Gasteiger partial charge is 0.456 e. The maximum Gasteiger partial charge on any atom is 0.188 e. The van der Waals surface area contributed by atoms with Crippen molar-refractivity contribution in [1.82, 2.24) is 0 Å². The lowest BCUT2D eigenvalue weighted by Crippen LogP contribution is -2.02. The summed E-state index contributed by atoms with van der Waals surface area (Å²) >= 11 is 10.1. The van der Waals surface area contributed by atoms with Crippen molar-refractivity contribution in [2.24, 2.45) is 0 Å².